The minimum absolute atomic E-state index is 0.250. The zero-order valence-corrected chi connectivity index (χ0v) is 17.4. The van der Waals surface area contributed by atoms with Crippen molar-refractivity contribution in [2.75, 3.05) is 13.9 Å². The van der Waals surface area contributed by atoms with Gasteiger partial charge >= 0.3 is 0 Å². The van der Waals surface area contributed by atoms with Crippen molar-refractivity contribution in [2.45, 2.75) is 59.2 Å². The molecule has 0 N–H and O–H groups in total. The molecule has 0 amide bonds. The number of allylic oxidation sites excluding steroid dienone is 3. The molecule has 27 heavy (non-hydrogen) atoms. The molecular weight excluding hydrogens is 336 g/mol. The Balaban J connectivity index is 1.79. The van der Waals surface area contributed by atoms with E-state index in [-0.39, 0.29) is 6.10 Å². The van der Waals surface area contributed by atoms with Gasteiger partial charge in [0, 0.05) is 0 Å². The molecule has 1 aliphatic rings. The third-order valence-corrected chi connectivity index (χ3v) is 5.19. The van der Waals surface area contributed by atoms with Gasteiger partial charge in [-0.05, 0) is 54.6 Å². The molecule has 0 bridgehead atoms. The van der Waals surface area contributed by atoms with Crippen molar-refractivity contribution in [3.05, 3.63) is 59.9 Å². The summed E-state index contributed by atoms with van der Waals surface area (Å²) in [5.41, 5.74) is 2.47. The highest BCUT2D eigenvalue weighted by molar-refractivity contribution is 5.21. The Morgan fingerprint density at radius 2 is 1.89 bits per heavy atom. The molecule has 1 aromatic carbocycles. The zero-order valence-electron chi connectivity index (χ0n) is 17.4. The van der Waals surface area contributed by atoms with Crippen LogP contribution < -0.4 is 0 Å². The van der Waals surface area contributed by atoms with E-state index in [1.807, 2.05) is 24.5 Å². The van der Waals surface area contributed by atoms with Crippen LogP contribution in [0.2, 0.25) is 0 Å². The first-order valence-corrected chi connectivity index (χ1v) is 10.2. The summed E-state index contributed by atoms with van der Waals surface area (Å²) in [6.45, 7) is 7.83. The lowest BCUT2D eigenvalue weighted by Gasteiger charge is -2.29. The van der Waals surface area contributed by atoms with Gasteiger partial charge in [-0.25, -0.2) is 0 Å². The Bertz CT molecular complexity index is 577. The number of hydrogen-bond donors (Lipinski definition) is 0. The SMILES string of the molecule is CO/C=C1/C=C[C@H]([C@H](C)CC(CC(C)C)OCOCc2ccccc2)CC1. The second-order valence-electron chi connectivity index (χ2n) is 8.07. The van der Waals surface area contributed by atoms with Gasteiger partial charge in [0.05, 0.1) is 26.1 Å². The predicted molar refractivity (Wildman–Crippen MR) is 111 cm³/mol. The number of rotatable bonds is 11. The maximum atomic E-state index is 6.12. The van der Waals surface area contributed by atoms with Gasteiger partial charge in [-0.2, -0.15) is 0 Å². The fourth-order valence-corrected chi connectivity index (χ4v) is 3.71. The van der Waals surface area contributed by atoms with Crippen LogP contribution in [0, 0.1) is 17.8 Å². The molecule has 3 nitrogen and oxygen atoms in total. The van der Waals surface area contributed by atoms with Crippen LogP contribution in [0.1, 0.15) is 52.0 Å². The maximum absolute atomic E-state index is 6.12. The lowest BCUT2D eigenvalue weighted by Crippen LogP contribution is -2.24. The van der Waals surface area contributed by atoms with Crippen molar-refractivity contribution in [1.29, 1.82) is 0 Å². The molecule has 0 saturated heterocycles. The molecule has 1 aromatic rings. The molecule has 1 unspecified atom stereocenters. The Hall–Kier alpha value is -1.58. The minimum atomic E-state index is 0.250. The number of hydrogen-bond acceptors (Lipinski definition) is 3. The maximum Gasteiger partial charge on any atom is 0.147 e. The lowest BCUT2D eigenvalue weighted by atomic mass is 9.80. The van der Waals surface area contributed by atoms with Crippen LogP contribution in [0.25, 0.3) is 0 Å². The molecule has 1 aliphatic carbocycles. The van der Waals surface area contributed by atoms with Crippen LogP contribution in [0.5, 0.6) is 0 Å². The summed E-state index contributed by atoms with van der Waals surface area (Å²) in [6, 6.07) is 10.2. The predicted octanol–water partition coefficient (Wildman–Crippen LogP) is 6.11. The Kier molecular flexibility index (Phi) is 9.65. The molecule has 0 saturated carbocycles. The second-order valence-corrected chi connectivity index (χ2v) is 8.07. The molecule has 3 atom stereocenters. The summed E-state index contributed by atoms with van der Waals surface area (Å²) >= 11 is 0. The van der Waals surface area contributed by atoms with Gasteiger partial charge in [-0.1, -0.05) is 63.3 Å². The first-order valence-electron chi connectivity index (χ1n) is 10.2. The average molecular weight is 373 g/mol. The number of methoxy groups -OCH3 is 1. The smallest absolute Gasteiger partial charge is 0.147 e. The van der Waals surface area contributed by atoms with E-state index < -0.39 is 0 Å². The van der Waals surface area contributed by atoms with E-state index in [1.54, 1.807) is 7.11 Å². The van der Waals surface area contributed by atoms with Crippen molar-refractivity contribution in [3.63, 3.8) is 0 Å². The van der Waals surface area contributed by atoms with Crippen molar-refractivity contribution in [3.8, 4) is 0 Å². The van der Waals surface area contributed by atoms with Crippen LogP contribution in [-0.2, 0) is 20.8 Å². The normalized spacial score (nSPS) is 20.8. The molecule has 0 aliphatic heterocycles. The molecule has 0 heterocycles. The number of benzene rings is 1. The molecule has 3 heteroatoms. The van der Waals surface area contributed by atoms with E-state index in [0.29, 0.717) is 31.2 Å². The van der Waals surface area contributed by atoms with Crippen molar-refractivity contribution in [2.24, 2.45) is 17.8 Å². The molecule has 2 rings (SSSR count). The topological polar surface area (TPSA) is 27.7 Å². The molecule has 0 radical (unpaired) electrons. The molecular formula is C24H36O3. The van der Waals surface area contributed by atoms with E-state index in [9.17, 15) is 0 Å². The van der Waals surface area contributed by atoms with E-state index >= 15 is 0 Å². The molecule has 0 fully saturated rings. The van der Waals surface area contributed by atoms with Crippen LogP contribution in [0.4, 0.5) is 0 Å². The quantitative estimate of drug-likeness (QED) is 0.266. The first kappa shape index (κ1) is 21.7. The van der Waals surface area contributed by atoms with E-state index in [1.165, 1.54) is 17.6 Å². The molecule has 150 valence electrons. The van der Waals surface area contributed by atoms with E-state index in [0.717, 1.165) is 19.3 Å². The fourth-order valence-electron chi connectivity index (χ4n) is 3.71. The van der Waals surface area contributed by atoms with Gasteiger partial charge in [0.2, 0.25) is 0 Å². The highest BCUT2D eigenvalue weighted by atomic mass is 16.7. The fraction of sp³-hybridized carbons (Fsp3) is 0.583. The highest BCUT2D eigenvalue weighted by Crippen LogP contribution is 2.31. The van der Waals surface area contributed by atoms with E-state index in [4.69, 9.17) is 14.2 Å². The largest absolute Gasteiger partial charge is 0.504 e. The highest BCUT2D eigenvalue weighted by Gasteiger charge is 2.23. The third-order valence-electron chi connectivity index (χ3n) is 5.19. The standard InChI is InChI=1S/C24H36O3/c1-19(2)14-24(27-18-26-17-21-8-6-5-7-9-21)15-20(3)23-12-10-22(11-13-23)16-25-4/h5-10,12,16,19-20,23-24H,11,13-15,17-18H2,1-4H3/b22-16-/t20-,23+,24?/m1/s1. The van der Waals surface area contributed by atoms with E-state index in [2.05, 4.69) is 45.1 Å². The monoisotopic (exact) mass is 372 g/mol. The minimum Gasteiger partial charge on any atom is -0.504 e. The zero-order chi connectivity index (χ0) is 19.5. The van der Waals surface area contributed by atoms with Gasteiger partial charge in [0.15, 0.2) is 0 Å². The second kappa shape index (κ2) is 12.0. The van der Waals surface area contributed by atoms with Gasteiger partial charge < -0.3 is 14.2 Å². The van der Waals surface area contributed by atoms with Crippen molar-refractivity contribution >= 4 is 0 Å². The lowest BCUT2D eigenvalue weighted by molar-refractivity contribution is -0.107. The first-order chi connectivity index (χ1) is 13.1. The Morgan fingerprint density at radius 1 is 1.11 bits per heavy atom. The van der Waals surface area contributed by atoms with Crippen LogP contribution in [0.3, 0.4) is 0 Å². The van der Waals surface area contributed by atoms with Gasteiger partial charge in [0.1, 0.15) is 6.79 Å². The summed E-state index contributed by atoms with van der Waals surface area (Å²) in [4.78, 5) is 0. The summed E-state index contributed by atoms with van der Waals surface area (Å²) in [6.07, 6.45) is 11.1. The van der Waals surface area contributed by atoms with Crippen LogP contribution in [0.15, 0.2) is 54.3 Å². The summed E-state index contributed by atoms with van der Waals surface area (Å²) < 4.78 is 17.0. The summed E-state index contributed by atoms with van der Waals surface area (Å²) in [7, 11) is 1.71. The molecule has 0 spiro atoms. The van der Waals surface area contributed by atoms with Crippen molar-refractivity contribution in [1.82, 2.24) is 0 Å². The average Bonchev–Trinajstić information content (AvgIpc) is 2.66. The van der Waals surface area contributed by atoms with Crippen LogP contribution >= 0.6 is 0 Å². The van der Waals surface area contributed by atoms with Crippen LogP contribution in [-0.4, -0.2) is 20.0 Å². The third kappa shape index (κ3) is 8.32. The number of ether oxygens (including phenoxy) is 3. The summed E-state index contributed by atoms with van der Waals surface area (Å²) in [5, 5.41) is 0. The Labute approximate surface area is 165 Å². The Morgan fingerprint density at radius 3 is 2.52 bits per heavy atom. The summed E-state index contributed by atoms with van der Waals surface area (Å²) in [5.74, 6) is 1.83. The van der Waals surface area contributed by atoms with Crippen molar-refractivity contribution < 1.29 is 14.2 Å². The van der Waals surface area contributed by atoms with Gasteiger partial charge in [0.25, 0.3) is 0 Å². The van der Waals surface area contributed by atoms with Gasteiger partial charge in [-0.3, -0.25) is 0 Å². The van der Waals surface area contributed by atoms with Gasteiger partial charge in [-0.15, -0.1) is 0 Å². The molecule has 0 aromatic heterocycles.